The normalized spacial score (nSPS) is 17.1. The molecule has 0 saturated heterocycles. The van der Waals surface area contributed by atoms with Crippen LogP contribution < -0.4 is 14.8 Å². The average Bonchev–Trinajstić information content (AvgIpc) is 2.92. The van der Waals surface area contributed by atoms with Crippen molar-refractivity contribution in [2.24, 2.45) is 5.92 Å². The van der Waals surface area contributed by atoms with Gasteiger partial charge in [-0.15, -0.1) is 0 Å². The number of hydrogen-bond acceptors (Lipinski definition) is 3. The van der Waals surface area contributed by atoms with Crippen molar-refractivity contribution in [2.75, 3.05) is 19.5 Å². The molecular weight excluding hydrogens is 278 g/mol. The number of methoxy groups -OCH3 is 2. The number of carbonyl (C=O) groups is 1. The summed E-state index contributed by atoms with van der Waals surface area (Å²) in [5.41, 5.74) is 0.570. The quantitative estimate of drug-likeness (QED) is 0.844. The van der Waals surface area contributed by atoms with Gasteiger partial charge < -0.3 is 14.8 Å². The van der Waals surface area contributed by atoms with E-state index >= 15 is 0 Å². The number of anilines is 1. The fraction of sp³-hybridized carbons (Fsp3) is 0.400. The van der Waals surface area contributed by atoms with Gasteiger partial charge in [0.05, 0.1) is 24.9 Å². The van der Waals surface area contributed by atoms with Gasteiger partial charge in [-0.05, 0) is 18.8 Å². The Morgan fingerprint density at radius 3 is 2.70 bits per heavy atom. The van der Waals surface area contributed by atoms with Crippen LogP contribution in [0.4, 0.5) is 5.69 Å². The van der Waals surface area contributed by atoms with Crippen LogP contribution >= 0.6 is 11.6 Å². The molecule has 1 aliphatic carbocycles. The summed E-state index contributed by atoms with van der Waals surface area (Å²) in [5.74, 6) is 1.31. The van der Waals surface area contributed by atoms with Crippen molar-refractivity contribution in [1.29, 1.82) is 0 Å². The van der Waals surface area contributed by atoms with Gasteiger partial charge in [0.25, 0.3) is 0 Å². The van der Waals surface area contributed by atoms with Crippen molar-refractivity contribution in [3.8, 4) is 11.5 Å². The molecule has 0 saturated carbocycles. The first kappa shape index (κ1) is 14.7. The lowest BCUT2D eigenvalue weighted by Gasteiger charge is -2.14. The third-order valence-corrected chi connectivity index (χ3v) is 3.60. The van der Waals surface area contributed by atoms with Gasteiger partial charge in [-0.25, -0.2) is 0 Å². The van der Waals surface area contributed by atoms with Crippen molar-refractivity contribution in [3.05, 3.63) is 29.3 Å². The smallest absolute Gasteiger partial charge is 0.225 e. The van der Waals surface area contributed by atoms with Crippen LogP contribution in [0.15, 0.2) is 24.3 Å². The number of carbonyl (C=O) groups excluding carboxylic acids is 1. The van der Waals surface area contributed by atoms with Gasteiger partial charge >= 0.3 is 0 Å². The molecule has 0 spiro atoms. The van der Waals surface area contributed by atoms with Gasteiger partial charge in [-0.3, -0.25) is 4.79 Å². The predicted molar refractivity (Wildman–Crippen MR) is 79.7 cm³/mol. The summed E-state index contributed by atoms with van der Waals surface area (Å²) >= 11 is 6.03. The standard InChI is InChI=1S/C15H18ClNO3/c1-19-13-9-12(14(20-2)8-11(13)16)17-15(18)7-10-5-3-4-6-10/h3,5,8-10H,4,6-7H2,1-2H3,(H,17,18). The maximum atomic E-state index is 12.0. The highest BCUT2D eigenvalue weighted by Gasteiger charge is 2.16. The largest absolute Gasteiger partial charge is 0.495 e. The van der Waals surface area contributed by atoms with E-state index in [2.05, 4.69) is 17.5 Å². The summed E-state index contributed by atoms with van der Waals surface area (Å²) in [5, 5.41) is 3.30. The highest BCUT2D eigenvalue weighted by Crippen LogP contribution is 2.36. The molecular formula is C15H18ClNO3. The van der Waals surface area contributed by atoms with Crippen LogP contribution in [0, 0.1) is 5.92 Å². The minimum Gasteiger partial charge on any atom is -0.495 e. The molecule has 0 aromatic heterocycles. The summed E-state index contributed by atoms with van der Waals surface area (Å²) in [6.07, 6.45) is 6.78. The Labute approximate surface area is 123 Å². The van der Waals surface area contributed by atoms with Gasteiger partial charge in [0.15, 0.2) is 0 Å². The van der Waals surface area contributed by atoms with Crippen LogP contribution in [-0.4, -0.2) is 20.1 Å². The Hall–Kier alpha value is -1.68. The number of allylic oxidation sites excluding steroid dienone is 2. The van der Waals surface area contributed by atoms with Crippen molar-refractivity contribution >= 4 is 23.2 Å². The molecule has 1 aromatic carbocycles. The van der Waals surface area contributed by atoms with Gasteiger partial charge in [0.2, 0.25) is 5.91 Å². The van der Waals surface area contributed by atoms with Crippen molar-refractivity contribution < 1.29 is 14.3 Å². The summed E-state index contributed by atoms with van der Waals surface area (Å²) in [6.45, 7) is 0. The minimum absolute atomic E-state index is 0.0378. The number of benzene rings is 1. The van der Waals surface area contributed by atoms with Gasteiger partial charge in [-0.1, -0.05) is 23.8 Å². The zero-order chi connectivity index (χ0) is 14.5. The Balaban J connectivity index is 2.10. The molecule has 1 aliphatic rings. The van der Waals surface area contributed by atoms with Crippen LogP contribution in [0.25, 0.3) is 0 Å². The zero-order valence-corrected chi connectivity index (χ0v) is 12.4. The van der Waals surface area contributed by atoms with Crippen molar-refractivity contribution in [1.82, 2.24) is 0 Å². The van der Waals surface area contributed by atoms with E-state index in [1.165, 1.54) is 14.2 Å². The number of ether oxygens (including phenoxy) is 2. The lowest BCUT2D eigenvalue weighted by molar-refractivity contribution is -0.116. The van der Waals surface area contributed by atoms with E-state index < -0.39 is 0 Å². The van der Waals surface area contributed by atoms with E-state index in [4.69, 9.17) is 21.1 Å². The summed E-state index contributed by atoms with van der Waals surface area (Å²) < 4.78 is 10.4. The molecule has 1 amide bonds. The van der Waals surface area contributed by atoms with E-state index in [-0.39, 0.29) is 5.91 Å². The Kier molecular flexibility index (Phi) is 4.90. The van der Waals surface area contributed by atoms with Crippen LogP contribution in [-0.2, 0) is 4.79 Å². The van der Waals surface area contributed by atoms with E-state index in [0.29, 0.717) is 34.5 Å². The SMILES string of the molecule is COc1cc(NC(=O)CC2C=CCC2)c(OC)cc1Cl. The second kappa shape index (κ2) is 6.66. The van der Waals surface area contributed by atoms with E-state index in [9.17, 15) is 4.79 Å². The summed E-state index contributed by atoms with van der Waals surface area (Å²) in [6, 6.07) is 3.30. The molecule has 5 heteroatoms. The van der Waals surface area contributed by atoms with E-state index in [0.717, 1.165) is 12.8 Å². The van der Waals surface area contributed by atoms with Crippen molar-refractivity contribution in [2.45, 2.75) is 19.3 Å². The van der Waals surface area contributed by atoms with Gasteiger partial charge in [-0.2, -0.15) is 0 Å². The van der Waals surface area contributed by atoms with Crippen LogP contribution in [0.3, 0.4) is 0 Å². The van der Waals surface area contributed by atoms with Crippen LogP contribution in [0.1, 0.15) is 19.3 Å². The van der Waals surface area contributed by atoms with E-state index in [1.807, 2.05) is 0 Å². The zero-order valence-electron chi connectivity index (χ0n) is 11.6. The molecule has 1 N–H and O–H groups in total. The fourth-order valence-electron chi connectivity index (χ4n) is 2.26. The van der Waals surface area contributed by atoms with Gasteiger partial charge in [0, 0.05) is 18.6 Å². The number of hydrogen-bond donors (Lipinski definition) is 1. The molecule has 0 bridgehead atoms. The first-order valence-electron chi connectivity index (χ1n) is 6.52. The summed E-state index contributed by atoms with van der Waals surface area (Å²) in [4.78, 5) is 12.0. The number of rotatable bonds is 5. The maximum Gasteiger partial charge on any atom is 0.225 e. The molecule has 20 heavy (non-hydrogen) atoms. The Morgan fingerprint density at radius 2 is 2.10 bits per heavy atom. The van der Waals surface area contributed by atoms with Crippen molar-refractivity contribution in [3.63, 3.8) is 0 Å². The average molecular weight is 296 g/mol. The maximum absolute atomic E-state index is 12.0. The van der Waals surface area contributed by atoms with Crippen LogP contribution in [0.2, 0.25) is 5.02 Å². The molecule has 2 rings (SSSR count). The van der Waals surface area contributed by atoms with E-state index in [1.54, 1.807) is 12.1 Å². The second-order valence-corrected chi connectivity index (χ2v) is 5.11. The lowest BCUT2D eigenvalue weighted by atomic mass is 10.0. The number of halogens is 1. The molecule has 1 unspecified atom stereocenters. The molecule has 1 aromatic rings. The monoisotopic (exact) mass is 295 g/mol. The Morgan fingerprint density at radius 1 is 1.35 bits per heavy atom. The molecule has 0 radical (unpaired) electrons. The fourth-order valence-corrected chi connectivity index (χ4v) is 2.49. The number of amides is 1. The lowest BCUT2D eigenvalue weighted by Crippen LogP contribution is -2.15. The molecule has 1 atom stereocenters. The topological polar surface area (TPSA) is 47.6 Å². The summed E-state index contributed by atoms with van der Waals surface area (Å²) in [7, 11) is 3.07. The highest BCUT2D eigenvalue weighted by atomic mass is 35.5. The third kappa shape index (κ3) is 3.45. The molecule has 108 valence electrons. The minimum atomic E-state index is -0.0378. The second-order valence-electron chi connectivity index (χ2n) is 4.70. The molecule has 0 heterocycles. The first-order chi connectivity index (χ1) is 9.63. The highest BCUT2D eigenvalue weighted by molar-refractivity contribution is 6.32. The molecule has 4 nitrogen and oxygen atoms in total. The van der Waals surface area contributed by atoms with Crippen LogP contribution in [0.5, 0.6) is 11.5 Å². The molecule has 0 fully saturated rings. The Bertz CT molecular complexity index is 528. The predicted octanol–water partition coefficient (Wildman–Crippen LogP) is 3.65. The number of nitrogens with one attached hydrogen (secondary N) is 1. The first-order valence-corrected chi connectivity index (χ1v) is 6.90. The van der Waals surface area contributed by atoms with Gasteiger partial charge in [0.1, 0.15) is 11.5 Å². The molecule has 0 aliphatic heterocycles. The third-order valence-electron chi connectivity index (χ3n) is 3.31.